The third kappa shape index (κ3) is 3.72. The minimum atomic E-state index is -0.312. The lowest BCUT2D eigenvalue weighted by molar-refractivity contribution is -0.141. The van der Waals surface area contributed by atoms with Gasteiger partial charge < -0.3 is 14.0 Å². The SMILES string of the molecule is COC(=O)Cn1c(COc2cc(C)ccc2C(C)C)nc2ccccc21. The van der Waals surface area contributed by atoms with E-state index in [4.69, 9.17) is 9.47 Å². The molecule has 26 heavy (non-hydrogen) atoms. The van der Waals surface area contributed by atoms with Gasteiger partial charge in [0.25, 0.3) is 0 Å². The number of nitrogens with zero attached hydrogens (tertiary/aromatic N) is 2. The fourth-order valence-electron chi connectivity index (χ4n) is 2.99. The smallest absolute Gasteiger partial charge is 0.325 e. The summed E-state index contributed by atoms with van der Waals surface area (Å²) in [5.41, 5.74) is 4.03. The highest BCUT2D eigenvalue weighted by Gasteiger charge is 2.15. The van der Waals surface area contributed by atoms with Crippen molar-refractivity contribution >= 4 is 17.0 Å². The number of carbonyl (C=O) groups excluding carboxylic acids is 1. The van der Waals surface area contributed by atoms with Gasteiger partial charge in [-0.2, -0.15) is 0 Å². The average molecular weight is 352 g/mol. The van der Waals surface area contributed by atoms with E-state index < -0.39 is 0 Å². The van der Waals surface area contributed by atoms with Crippen LogP contribution < -0.4 is 4.74 Å². The van der Waals surface area contributed by atoms with Gasteiger partial charge in [-0.3, -0.25) is 4.79 Å². The van der Waals surface area contributed by atoms with Crippen LogP contribution in [-0.2, 0) is 22.7 Å². The second-order valence-electron chi connectivity index (χ2n) is 6.66. The summed E-state index contributed by atoms with van der Waals surface area (Å²) in [6.45, 7) is 6.73. The van der Waals surface area contributed by atoms with Crippen LogP contribution in [0, 0.1) is 6.92 Å². The van der Waals surface area contributed by atoms with Crippen LogP contribution in [0.5, 0.6) is 5.75 Å². The van der Waals surface area contributed by atoms with Gasteiger partial charge in [-0.1, -0.05) is 38.1 Å². The van der Waals surface area contributed by atoms with Gasteiger partial charge in [0.2, 0.25) is 0 Å². The van der Waals surface area contributed by atoms with E-state index in [1.165, 1.54) is 7.11 Å². The Balaban J connectivity index is 1.93. The van der Waals surface area contributed by atoms with Gasteiger partial charge in [0.1, 0.15) is 24.7 Å². The highest BCUT2D eigenvalue weighted by Crippen LogP contribution is 2.28. The Hall–Kier alpha value is -2.82. The Morgan fingerprint density at radius 1 is 1.19 bits per heavy atom. The van der Waals surface area contributed by atoms with E-state index in [2.05, 4.69) is 31.0 Å². The van der Waals surface area contributed by atoms with Crippen LogP contribution in [0.1, 0.15) is 36.7 Å². The van der Waals surface area contributed by atoms with Crippen molar-refractivity contribution in [3.8, 4) is 5.75 Å². The number of para-hydroxylation sites is 2. The maximum Gasteiger partial charge on any atom is 0.325 e. The van der Waals surface area contributed by atoms with Crippen molar-refractivity contribution in [2.75, 3.05) is 7.11 Å². The first-order valence-corrected chi connectivity index (χ1v) is 8.74. The van der Waals surface area contributed by atoms with Crippen molar-refractivity contribution in [3.05, 3.63) is 59.4 Å². The van der Waals surface area contributed by atoms with E-state index in [0.717, 1.165) is 27.9 Å². The molecule has 0 atom stereocenters. The van der Waals surface area contributed by atoms with Crippen LogP contribution in [0.25, 0.3) is 11.0 Å². The van der Waals surface area contributed by atoms with E-state index in [9.17, 15) is 4.79 Å². The predicted octanol–water partition coefficient (Wildman–Crippen LogP) is 4.22. The van der Waals surface area contributed by atoms with Crippen molar-refractivity contribution in [1.82, 2.24) is 9.55 Å². The summed E-state index contributed by atoms with van der Waals surface area (Å²) < 4.78 is 12.8. The quantitative estimate of drug-likeness (QED) is 0.623. The second kappa shape index (κ2) is 7.60. The van der Waals surface area contributed by atoms with Crippen molar-refractivity contribution in [3.63, 3.8) is 0 Å². The van der Waals surface area contributed by atoms with Crippen LogP contribution in [0.3, 0.4) is 0 Å². The van der Waals surface area contributed by atoms with Gasteiger partial charge in [0.05, 0.1) is 18.1 Å². The topological polar surface area (TPSA) is 53.4 Å². The summed E-state index contributed by atoms with van der Waals surface area (Å²) >= 11 is 0. The van der Waals surface area contributed by atoms with Crippen molar-refractivity contribution in [1.29, 1.82) is 0 Å². The molecule has 0 spiro atoms. The van der Waals surface area contributed by atoms with Crippen LogP contribution in [0.4, 0.5) is 0 Å². The minimum absolute atomic E-state index is 0.112. The van der Waals surface area contributed by atoms with Gasteiger partial charge in [0, 0.05) is 0 Å². The molecule has 5 heteroatoms. The lowest BCUT2D eigenvalue weighted by Gasteiger charge is -2.15. The molecule has 5 nitrogen and oxygen atoms in total. The summed E-state index contributed by atoms with van der Waals surface area (Å²) in [6, 6.07) is 14.0. The zero-order valence-electron chi connectivity index (χ0n) is 15.7. The Bertz CT molecular complexity index is 928. The fourth-order valence-corrected chi connectivity index (χ4v) is 2.99. The molecule has 0 radical (unpaired) electrons. The number of benzene rings is 2. The van der Waals surface area contributed by atoms with Crippen LogP contribution in [0.15, 0.2) is 42.5 Å². The van der Waals surface area contributed by atoms with E-state index in [0.29, 0.717) is 11.7 Å². The Morgan fingerprint density at radius 3 is 2.69 bits per heavy atom. The highest BCUT2D eigenvalue weighted by atomic mass is 16.5. The van der Waals surface area contributed by atoms with Gasteiger partial charge in [-0.05, 0) is 42.2 Å². The van der Waals surface area contributed by atoms with Crippen molar-refractivity contribution < 1.29 is 14.3 Å². The van der Waals surface area contributed by atoms with E-state index in [1.807, 2.05) is 41.8 Å². The first-order valence-electron chi connectivity index (χ1n) is 8.74. The van der Waals surface area contributed by atoms with Gasteiger partial charge >= 0.3 is 5.97 Å². The monoisotopic (exact) mass is 352 g/mol. The number of rotatable bonds is 6. The number of imidazole rings is 1. The van der Waals surface area contributed by atoms with Gasteiger partial charge in [0.15, 0.2) is 0 Å². The number of fused-ring (bicyclic) bond motifs is 1. The summed E-state index contributed by atoms with van der Waals surface area (Å²) in [5, 5.41) is 0. The zero-order chi connectivity index (χ0) is 18.7. The number of esters is 1. The van der Waals surface area contributed by atoms with Crippen LogP contribution in [0.2, 0.25) is 0 Å². The van der Waals surface area contributed by atoms with E-state index in [1.54, 1.807) is 0 Å². The number of methoxy groups -OCH3 is 1. The normalized spacial score (nSPS) is 11.1. The predicted molar refractivity (Wildman–Crippen MR) is 101 cm³/mol. The Labute approximate surface area is 153 Å². The number of aromatic nitrogens is 2. The molecule has 0 fully saturated rings. The summed E-state index contributed by atoms with van der Waals surface area (Å²) in [6.07, 6.45) is 0. The molecule has 0 aliphatic rings. The molecule has 0 saturated heterocycles. The second-order valence-corrected chi connectivity index (χ2v) is 6.66. The molecule has 2 aromatic carbocycles. The third-order valence-corrected chi connectivity index (χ3v) is 4.40. The van der Waals surface area contributed by atoms with Crippen molar-refractivity contribution in [2.45, 2.75) is 39.8 Å². The molecular weight excluding hydrogens is 328 g/mol. The number of hydrogen-bond acceptors (Lipinski definition) is 4. The van der Waals surface area contributed by atoms with Gasteiger partial charge in [-0.25, -0.2) is 4.98 Å². The molecule has 0 aliphatic carbocycles. The van der Waals surface area contributed by atoms with Crippen LogP contribution >= 0.6 is 0 Å². The first-order chi connectivity index (χ1) is 12.5. The zero-order valence-corrected chi connectivity index (χ0v) is 15.7. The van der Waals surface area contributed by atoms with E-state index >= 15 is 0 Å². The average Bonchev–Trinajstić information content (AvgIpc) is 2.97. The number of aryl methyl sites for hydroxylation is 1. The molecule has 3 aromatic rings. The number of hydrogen-bond donors (Lipinski definition) is 0. The maximum atomic E-state index is 11.8. The summed E-state index contributed by atoms with van der Waals surface area (Å²) in [5.74, 6) is 1.61. The van der Waals surface area contributed by atoms with Crippen LogP contribution in [-0.4, -0.2) is 22.6 Å². The highest BCUT2D eigenvalue weighted by molar-refractivity contribution is 5.78. The standard InChI is InChI=1S/C21H24N2O3/c1-14(2)16-10-9-15(3)11-19(16)26-13-20-22-17-7-5-6-8-18(17)23(20)12-21(24)25-4/h5-11,14H,12-13H2,1-4H3. The molecule has 0 unspecified atom stereocenters. The third-order valence-electron chi connectivity index (χ3n) is 4.40. The molecule has 0 saturated carbocycles. The first kappa shape index (κ1) is 18.0. The molecule has 0 amide bonds. The molecule has 3 rings (SSSR count). The van der Waals surface area contributed by atoms with Crippen molar-refractivity contribution in [2.24, 2.45) is 0 Å². The molecule has 0 bridgehead atoms. The molecule has 0 aliphatic heterocycles. The summed E-state index contributed by atoms with van der Waals surface area (Å²) in [4.78, 5) is 16.5. The summed E-state index contributed by atoms with van der Waals surface area (Å²) in [7, 11) is 1.39. The lowest BCUT2D eigenvalue weighted by atomic mass is 10.0. The molecule has 0 N–H and O–H groups in total. The Kier molecular flexibility index (Phi) is 5.26. The lowest BCUT2D eigenvalue weighted by Crippen LogP contribution is -2.15. The molecule has 1 heterocycles. The fraction of sp³-hybridized carbons (Fsp3) is 0.333. The number of carbonyl (C=O) groups is 1. The number of ether oxygens (including phenoxy) is 2. The Morgan fingerprint density at radius 2 is 1.96 bits per heavy atom. The molecule has 136 valence electrons. The van der Waals surface area contributed by atoms with Gasteiger partial charge in [-0.15, -0.1) is 0 Å². The largest absolute Gasteiger partial charge is 0.485 e. The van der Waals surface area contributed by atoms with E-state index in [-0.39, 0.29) is 19.1 Å². The minimum Gasteiger partial charge on any atom is -0.485 e. The molecular formula is C21H24N2O3. The molecule has 1 aromatic heterocycles. The maximum absolute atomic E-state index is 11.8.